The summed E-state index contributed by atoms with van der Waals surface area (Å²) in [6, 6.07) is 10.5. The van der Waals surface area contributed by atoms with Crippen molar-refractivity contribution in [1.82, 2.24) is 9.97 Å². The van der Waals surface area contributed by atoms with Crippen molar-refractivity contribution >= 4 is 57.1 Å². The van der Waals surface area contributed by atoms with Crippen molar-refractivity contribution in [1.29, 1.82) is 0 Å². The molecule has 216 valence electrons. The van der Waals surface area contributed by atoms with Crippen molar-refractivity contribution < 1.29 is 27.8 Å². The predicted molar refractivity (Wildman–Crippen MR) is 157 cm³/mol. The molecule has 0 fully saturated rings. The summed E-state index contributed by atoms with van der Waals surface area (Å²) in [4.78, 5) is 19.5. The van der Waals surface area contributed by atoms with Gasteiger partial charge in [-0.25, -0.2) is 9.97 Å². The zero-order chi connectivity index (χ0) is 28.4. The minimum Gasteiger partial charge on any atom is -0.480 e. The number of hydrogen-bond acceptors (Lipinski definition) is 6. The Morgan fingerprint density at radius 3 is 2.54 bits per heavy atom. The number of carbonyl (C=O) groups is 1. The number of fused-ring (bicyclic) bond motifs is 1. The maximum atomic E-state index is 14.5. The van der Waals surface area contributed by atoms with E-state index in [-0.39, 0.29) is 30.3 Å². The number of carboxylic acids is 1. The van der Waals surface area contributed by atoms with E-state index in [9.17, 15) is 18.0 Å². The summed E-state index contributed by atoms with van der Waals surface area (Å²) in [7, 11) is 0. The topological polar surface area (TPSA) is 98.3 Å². The van der Waals surface area contributed by atoms with Gasteiger partial charge in [-0.1, -0.05) is 48.0 Å². The summed E-state index contributed by atoms with van der Waals surface area (Å²) in [5, 5.41) is 11.2. The molecule has 0 saturated heterocycles. The highest BCUT2D eigenvalue weighted by atomic mass is 35.5. The minimum absolute atomic E-state index is 0. The molecule has 0 spiro atoms. The fourth-order valence-corrected chi connectivity index (χ4v) is 5.95. The summed E-state index contributed by atoms with van der Waals surface area (Å²) in [6.07, 6.45) is -0.283. The van der Waals surface area contributed by atoms with E-state index in [4.69, 9.17) is 27.2 Å². The van der Waals surface area contributed by atoms with Crippen LogP contribution >= 0.6 is 35.3 Å². The van der Waals surface area contributed by atoms with Crippen LogP contribution in [0.15, 0.2) is 60.2 Å². The van der Waals surface area contributed by atoms with Gasteiger partial charge in [-0.3, -0.25) is 4.79 Å². The van der Waals surface area contributed by atoms with Gasteiger partial charge in [0.15, 0.2) is 0 Å². The lowest BCUT2D eigenvalue weighted by Crippen LogP contribution is -2.32. The van der Waals surface area contributed by atoms with Crippen molar-refractivity contribution in [3.63, 3.8) is 0 Å². The van der Waals surface area contributed by atoms with Crippen LogP contribution in [-0.2, 0) is 11.2 Å². The minimum atomic E-state index is -4.72. The third-order valence-electron chi connectivity index (χ3n) is 6.82. The maximum Gasteiger partial charge on any atom is 0.429 e. The van der Waals surface area contributed by atoms with Crippen molar-refractivity contribution in [3.05, 3.63) is 82.0 Å². The number of aromatic nitrogens is 2. The zero-order valence-corrected chi connectivity index (χ0v) is 23.9. The van der Waals surface area contributed by atoms with Crippen LogP contribution in [0.25, 0.3) is 26.9 Å². The lowest BCUT2D eigenvalue weighted by atomic mass is 9.89. The van der Waals surface area contributed by atoms with Crippen LogP contribution in [-0.4, -0.2) is 33.3 Å². The standard InChI is InChI=1S/C29H25ClF3N3O3S.ClH/c30-19-10-11-20(21(13-19)17-4-2-1-3-5-17)26(29(31,32)33)39-27-25-24(35-15-36-27)22(14-40-25)18-8-6-16(7-9-18)12-23(34)28(37)38;/h4,6-11,13-15,23,26H,1-3,5,12,34H2,(H,37,38);1H/t23?,26-;/m1./s1. The molecule has 3 N–H and O–H groups in total. The van der Waals surface area contributed by atoms with E-state index in [1.54, 1.807) is 35.7 Å². The lowest BCUT2D eigenvalue weighted by Gasteiger charge is -2.25. The number of carboxylic acid groups (broad SMARTS) is 1. The number of nitrogens with two attached hydrogens (primary N) is 1. The maximum absolute atomic E-state index is 14.5. The van der Waals surface area contributed by atoms with Crippen LogP contribution in [0.2, 0.25) is 5.02 Å². The second kappa shape index (κ2) is 12.8. The summed E-state index contributed by atoms with van der Waals surface area (Å²) < 4.78 is 49.6. The number of rotatable bonds is 8. The second-order valence-corrected chi connectivity index (χ2v) is 10.9. The molecule has 5 rings (SSSR count). The molecule has 2 heterocycles. The van der Waals surface area contributed by atoms with E-state index in [2.05, 4.69) is 9.97 Å². The Balaban J connectivity index is 0.00000387. The molecule has 2 aromatic heterocycles. The van der Waals surface area contributed by atoms with E-state index >= 15 is 0 Å². The van der Waals surface area contributed by atoms with Gasteiger partial charge in [0, 0.05) is 21.5 Å². The molecule has 6 nitrogen and oxygen atoms in total. The molecule has 0 saturated carbocycles. The third kappa shape index (κ3) is 6.83. The van der Waals surface area contributed by atoms with E-state index in [1.807, 2.05) is 6.08 Å². The normalized spacial score (nSPS) is 15.1. The van der Waals surface area contributed by atoms with Crippen molar-refractivity contribution in [2.24, 2.45) is 5.73 Å². The number of nitrogens with zero attached hydrogens (tertiary/aromatic N) is 2. The Morgan fingerprint density at radius 2 is 1.88 bits per heavy atom. The first kappa shape index (κ1) is 30.8. The average molecular weight is 625 g/mol. The number of allylic oxidation sites excluding steroid dienone is 2. The number of aliphatic carboxylic acids is 1. The molecular weight excluding hydrogens is 598 g/mol. The van der Waals surface area contributed by atoms with Crippen LogP contribution in [0.5, 0.6) is 5.88 Å². The third-order valence-corrected chi connectivity index (χ3v) is 8.01. The van der Waals surface area contributed by atoms with Crippen LogP contribution in [0, 0.1) is 0 Å². The smallest absolute Gasteiger partial charge is 0.429 e. The number of benzene rings is 2. The van der Waals surface area contributed by atoms with Gasteiger partial charge in [-0.15, -0.1) is 23.7 Å². The second-order valence-electron chi connectivity index (χ2n) is 9.60. The van der Waals surface area contributed by atoms with Crippen molar-refractivity contribution in [2.45, 2.75) is 50.4 Å². The zero-order valence-electron chi connectivity index (χ0n) is 21.5. The Hall–Kier alpha value is -3.18. The number of thiophene rings is 1. The number of hydrogen-bond donors (Lipinski definition) is 2. The van der Waals surface area contributed by atoms with Gasteiger partial charge in [0.2, 0.25) is 12.0 Å². The highest BCUT2D eigenvalue weighted by Gasteiger charge is 2.45. The summed E-state index contributed by atoms with van der Waals surface area (Å²) in [5.41, 5.74) is 9.55. The molecule has 2 atom stereocenters. The number of halogens is 5. The van der Waals surface area contributed by atoms with Gasteiger partial charge in [0.05, 0.1) is 5.52 Å². The first-order valence-corrected chi connectivity index (χ1v) is 13.9. The molecule has 0 aliphatic heterocycles. The molecule has 0 radical (unpaired) electrons. The molecule has 1 unspecified atom stereocenters. The van der Waals surface area contributed by atoms with Gasteiger partial charge < -0.3 is 15.6 Å². The molecule has 0 amide bonds. The van der Waals surface area contributed by atoms with Gasteiger partial charge in [-0.05, 0) is 66.5 Å². The Morgan fingerprint density at radius 1 is 1.12 bits per heavy atom. The van der Waals surface area contributed by atoms with Crippen molar-refractivity contribution in [3.8, 4) is 17.0 Å². The molecule has 0 bridgehead atoms. The van der Waals surface area contributed by atoms with E-state index in [1.165, 1.54) is 29.8 Å². The van der Waals surface area contributed by atoms with Gasteiger partial charge >= 0.3 is 12.1 Å². The monoisotopic (exact) mass is 623 g/mol. The fourth-order valence-electron chi connectivity index (χ4n) is 4.82. The fraction of sp³-hybridized carbons (Fsp3) is 0.276. The van der Waals surface area contributed by atoms with E-state index < -0.39 is 24.3 Å². The van der Waals surface area contributed by atoms with Crippen molar-refractivity contribution in [2.75, 3.05) is 0 Å². The first-order chi connectivity index (χ1) is 19.1. The van der Waals surface area contributed by atoms with E-state index in [0.29, 0.717) is 32.8 Å². The van der Waals surface area contributed by atoms with Crippen LogP contribution < -0.4 is 10.5 Å². The average Bonchev–Trinajstić information content (AvgIpc) is 3.37. The number of ether oxygens (including phenoxy) is 1. The highest BCUT2D eigenvalue weighted by Crippen LogP contribution is 2.44. The largest absolute Gasteiger partial charge is 0.480 e. The van der Waals surface area contributed by atoms with Gasteiger partial charge in [-0.2, -0.15) is 13.2 Å². The summed E-state index contributed by atoms with van der Waals surface area (Å²) >= 11 is 7.39. The Bertz CT molecular complexity index is 1580. The Labute approximate surface area is 249 Å². The molecular formula is C29H26Cl2F3N3O3S. The summed E-state index contributed by atoms with van der Waals surface area (Å²) in [5.74, 6) is -1.25. The molecule has 1 aliphatic rings. The Kier molecular flexibility index (Phi) is 9.59. The molecule has 2 aromatic carbocycles. The molecule has 4 aromatic rings. The quantitative estimate of drug-likeness (QED) is 0.206. The predicted octanol–water partition coefficient (Wildman–Crippen LogP) is 8.03. The first-order valence-electron chi connectivity index (χ1n) is 12.6. The molecule has 12 heteroatoms. The molecule has 41 heavy (non-hydrogen) atoms. The van der Waals surface area contributed by atoms with Gasteiger partial charge in [0.25, 0.3) is 0 Å². The van der Waals surface area contributed by atoms with E-state index in [0.717, 1.165) is 36.0 Å². The lowest BCUT2D eigenvalue weighted by molar-refractivity contribution is -0.198. The summed E-state index contributed by atoms with van der Waals surface area (Å²) in [6.45, 7) is 0. The molecule has 1 aliphatic carbocycles. The highest BCUT2D eigenvalue weighted by molar-refractivity contribution is 7.18. The van der Waals surface area contributed by atoms with Crippen LogP contribution in [0.4, 0.5) is 13.2 Å². The van der Waals surface area contributed by atoms with Crippen LogP contribution in [0.3, 0.4) is 0 Å². The van der Waals surface area contributed by atoms with Crippen LogP contribution in [0.1, 0.15) is 48.5 Å². The van der Waals surface area contributed by atoms with Gasteiger partial charge in [0.1, 0.15) is 17.1 Å². The number of alkyl halides is 3. The SMILES string of the molecule is Cl.NC(Cc1ccc(-c2csc3c(O[C@H](c4ccc(Cl)cc4C4=CCCCC4)C(F)(F)F)ncnc23)cc1)C(=O)O.